The van der Waals surface area contributed by atoms with Gasteiger partial charge in [-0.2, -0.15) is 17.5 Å². The van der Waals surface area contributed by atoms with Crippen LogP contribution in [0.25, 0.3) is 0 Å². The van der Waals surface area contributed by atoms with Crippen LogP contribution in [-0.4, -0.2) is 56.1 Å². The van der Waals surface area contributed by atoms with E-state index in [1.165, 1.54) is 24.3 Å². The van der Waals surface area contributed by atoms with Gasteiger partial charge in [-0.05, 0) is 37.1 Å². The molecule has 33 heavy (non-hydrogen) atoms. The summed E-state index contributed by atoms with van der Waals surface area (Å²) in [5.74, 6) is -0.669. The van der Waals surface area contributed by atoms with Crippen molar-refractivity contribution in [1.29, 1.82) is 0 Å². The van der Waals surface area contributed by atoms with Gasteiger partial charge in [0, 0.05) is 26.1 Å². The molecule has 8 nitrogen and oxygen atoms in total. The topological polar surface area (TPSA) is 99.9 Å². The summed E-state index contributed by atoms with van der Waals surface area (Å²) in [7, 11) is -2.91. The minimum atomic E-state index is -4.81. The Labute approximate surface area is 189 Å². The fourth-order valence-electron chi connectivity index (χ4n) is 3.67. The van der Waals surface area contributed by atoms with E-state index in [9.17, 15) is 31.2 Å². The predicted octanol–water partition coefficient (Wildman–Crippen LogP) is 2.47. The van der Waals surface area contributed by atoms with Crippen LogP contribution in [-0.2, 0) is 32.3 Å². The molecule has 1 aromatic heterocycles. The van der Waals surface area contributed by atoms with Crippen LogP contribution >= 0.6 is 0 Å². The van der Waals surface area contributed by atoms with Crippen molar-refractivity contribution in [3.8, 4) is 0 Å². The van der Waals surface area contributed by atoms with E-state index >= 15 is 0 Å². The zero-order chi connectivity index (χ0) is 24.2. The molecule has 1 N–H and O–H groups in total. The van der Waals surface area contributed by atoms with Gasteiger partial charge in [0.25, 0.3) is 0 Å². The summed E-state index contributed by atoms with van der Waals surface area (Å²) in [6, 6.07) is 7.42. The summed E-state index contributed by atoms with van der Waals surface area (Å²) in [6.07, 6.45) is -3.04. The molecule has 0 radical (unpaired) electrons. The maximum atomic E-state index is 13.3. The number of alkyl halides is 3. The molecule has 2 aromatic rings. The standard InChI is InChI=1S/C21H24F3N3O5S/c1-26(14-19(28)25-13-16-5-4-12-32-16)20(29)15-8-10-27(11-9-15)33(30,31)18-7-3-2-6-17(18)21(22,23)24/h2-7,12,15H,8-11,13-14H2,1H3,(H,25,28). The van der Waals surface area contributed by atoms with E-state index in [0.717, 1.165) is 22.5 Å². The summed E-state index contributed by atoms with van der Waals surface area (Å²) in [6.45, 7) is -0.187. The number of benzene rings is 1. The number of carbonyl (C=O) groups is 2. The van der Waals surface area contributed by atoms with Crippen molar-refractivity contribution in [2.75, 3.05) is 26.7 Å². The van der Waals surface area contributed by atoms with E-state index in [0.29, 0.717) is 5.76 Å². The van der Waals surface area contributed by atoms with Gasteiger partial charge in [-0.3, -0.25) is 9.59 Å². The second-order valence-electron chi connectivity index (χ2n) is 7.72. The molecular formula is C21H24F3N3O5S. The third-order valence-corrected chi connectivity index (χ3v) is 7.37. The van der Waals surface area contributed by atoms with Gasteiger partial charge in [0.15, 0.2) is 0 Å². The highest BCUT2D eigenvalue weighted by atomic mass is 32.2. The third-order valence-electron chi connectivity index (χ3n) is 5.41. The van der Waals surface area contributed by atoms with E-state index in [-0.39, 0.29) is 50.8 Å². The molecule has 12 heteroatoms. The van der Waals surface area contributed by atoms with Gasteiger partial charge < -0.3 is 14.6 Å². The van der Waals surface area contributed by atoms with Gasteiger partial charge in [0.05, 0.1) is 29.8 Å². The predicted molar refractivity (Wildman–Crippen MR) is 111 cm³/mol. The molecule has 0 aliphatic carbocycles. The minimum absolute atomic E-state index is 0.0938. The van der Waals surface area contributed by atoms with Crippen molar-refractivity contribution < 1.29 is 35.6 Å². The van der Waals surface area contributed by atoms with Crippen molar-refractivity contribution >= 4 is 21.8 Å². The van der Waals surface area contributed by atoms with Crippen LogP contribution < -0.4 is 5.32 Å². The number of nitrogens with zero attached hydrogens (tertiary/aromatic N) is 2. The van der Waals surface area contributed by atoms with Gasteiger partial charge in [-0.15, -0.1) is 0 Å². The van der Waals surface area contributed by atoms with Crippen LogP contribution in [0.15, 0.2) is 52.0 Å². The monoisotopic (exact) mass is 487 g/mol. The molecule has 0 spiro atoms. The number of likely N-dealkylation sites (N-methyl/N-ethyl adjacent to an activating group) is 1. The largest absolute Gasteiger partial charge is 0.467 e. The molecule has 1 aromatic carbocycles. The van der Waals surface area contributed by atoms with E-state index in [1.54, 1.807) is 12.1 Å². The van der Waals surface area contributed by atoms with E-state index in [4.69, 9.17) is 4.42 Å². The Hall–Kier alpha value is -2.86. The van der Waals surface area contributed by atoms with Crippen molar-refractivity contribution in [3.63, 3.8) is 0 Å². The Bertz CT molecular complexity index is 1080. The number of amides is 2. The number of nitrogens with one attached hydrogen (secondary N) is 1. The van der Waals surface area contributed by atoms with E-state index in [1.807, 2.05) is 0 Å². The minimum Gasteiger partial charge on any atom is -0.467 e. The smallest absolute Gasteiger partial charge is 0.417 e. The SMILES string of the molecule is CN(CC(=O)NCc1ccco1)C(=O)C1CCN(S(=O)(=O)c2ccccc2C(F)(F)F)CC1. The molecule has 0 bridgehead atoms. The zero-order valence-electron chi connectivity index (χ0n) is 17.8. The van der Waals surface area contributed by atoms with Crippen molar-refractivity contribution in [2.45, 2.75) is 30.5 Å². The quantitative estimate of drug-likeness (QED) is 0.647. The summed E-state index contributed by atoms with van der Waals surface area (Å²) in [5, 5.41) is 2.63. The highest BCUT2D eigenvalue weighted by Gasteiger charge is 2.40. The average Bonchev–Trinajstić information content (AvgIpc) is 3.30. The Kier molecular flexibility index (Phi) is 7.48. The lowest BCUT2D eigenvalue weighted by Crippen LogP contribution is -2.45. The van der Waals surface area contributed by atoms with Crippen LogP contribution in [0.3, 0.4) is 0 Å². The molecular weight excluding hydrogens is 463 g/mol. The lowest BCUT2D eigenvalue weighted by molar-refractivity contribution is -0.140. The summed E-state index contributed by atoms with van der Waals surface area (Å²) < 4.78 is 71.6. The van der Waals surface area contributed by atoms with Crippen LogP contribution in [0.2, 0.25) is 0 Å². The third kappa shape index (κ3) is 5.93. The molecule has 180 valence electrons. The number of carbonyl (C=O) groups excluding carboxylic acids is 2. The zero-order valence-corrected chi connectivity index (χ0v) is 18.7. The summed E-state index contributed by atoms with van der Waals surface area (Å²) >= 11 is 0. The Morgan fingerprint density at radius 1 is 1.15 bits per heavy atom. The van der Waals surface area contributed by atoms with Crippen LogP contribution in [0, 0.1) is 5.92 Å². The fraction of sp³-hybridized carbons (Fsp3) is 0.429. The summed E-state index contributed by atoms with van der Waals surface area (Å²) in [5.41, 5.74) is -1.22. The number of furan rings is 1. The van der Waals surface area contributed by atoms with Crippen molar-refractivity contribution in [1.82, 2.24) is 14.5 Å². The number of halogens is 3. The second-order valence-corrected chi connectivity index (χ2v) is 9.63. The highest BCUT2D eigenvalue weighted by molar-refractivity contribution is 7.89. The molecule has 0 unspecified atom stereocenters. The van der Waals surface area contributed by atoms with Gasteiger partial charge in [0.2, 0.25) is 21.8 Å². The van der Waals surface area contributed by atoms with Crippen LogP contribution in [0.1, 0.15) is 24.2 Å². The van der Waals surface area contributed by atoms with Gasteiger partial charge in [0.1, 0.15) is 5.76 Å². The second kappa shape index (κ2) is 9.96. The van der Waals surface area contributed by atoms with Crippen LogP contribution in [0.4, 0.5) is 13.2 Å². The molecule has 2 amide bonds. The van der Waals surface area contributed by atoms with Crippen LogP contribution in [0.5, 0.6) is 0 Å². The van der Waals surface area contributed by atoms with Gasteiger partial charge in [-0.25, -0.2) is 8.42 Å². The molecule has 1 aliphatic rings. The summed E-state index contributed by atoms with van der Waals surface area (Å²) in [4.78, 5) is 25.2. The molecule has 1 saturated heterocycles. The fourth-order valence-corrected chi connectivity index (χ4v) is 5.35. The molecule has 3 rings (SSSR count). The molecule has 2 heterocycles. The maximum absolute atomic E-state index is 13.3. The van der Waals surface area contributed by atoms with Crippen molar-refractivity contribution in [3.05, 3.63) is 54.0 Å². The average molecular weight is 488 g/mol. The Morgan fingerprint density at radius 3 is 2.42 bits per heavy atom. The lowest BCUT2D eigenvalue weighted by Gasteiger charge is -2.32. The number of sulfonamides is 1. The normalized spacial score (nSPS) is 15.9. The Morgan fingerprint density at radius 2 is 1.82 bits per heavy atom. The van der Waals surface area contributed by atoms with Gasteiger partial charge in [-0.1, -0.05) is 12.1 Å². The maximum Gasteiger partial charge on any atom is 0.417 e. The van der Waals surface area contributed by atoms with Gasteiger partial charge >= 0.3 is 6.18 Å². The molecule has 1 aliphatic heterocycles. The first kappa shape index (κ1) is 24.8. The van der Waals surface area contributed by atoms with E-state index in [2.05, 4.69) is 5.32 Å². The first-order chi connectivity index (χ1) is 15.5. The Balaban J connectivity index is 1.57. The molecule has 0 saturated carbocycles. The number of hydrogen-bond donors (Lipinski definition) is 1. The van der Waals surface area contributed by atoms with E-state index < -0.39 is 32.6 Å². The number of rotatable bonds is 7. The molecule has 0 atom stereocenters. The molecule has 1 fully saturated rings. The number of hydrogen-bond acceptors (Lipinski definition) is 5. The first-order valence-corrected chi connectivity index (χ1v) is 11.6. The first-order valence-electron chi connectivity index (χ1n) is 10.2. The number of piperidine rings is 1. The highest BCUT2D eigenvalue weighted by Crippen LogP contribution is 2.36. The lowest BCUT2D eigenvalue weighted by atomic mass is 9.96. The van der Waals surface area contributed by atoms with Crippen molar-refractivity contribution in [2.24, 2.45) is 5.92 Å².